The summed E-state index contributed by atoms with van der Waals surface area (Å²) in [6.45, 7) is 3.85. The Hall–Kier alpha value is -3.57. The maximum Gasteiger partial charge on any atom is 0.343 e. The molecule has 0 spiro atoms. The molecule has 0 atom stereocenters. The Labute approximate surface area is 177 Å². The second-order valence-electron chi connectivity index (χ2n) is 6.85. The van der Waals surface area contributed by atoms with Crippen molar-refractivity contribution in [2.24, 2.45) is 0 Å². The first-order chi connectivity index (χ1) is 14.4. The number of hydrogen-bond donors (Lipinski definition) is 0. The van der Waals surface area contributed by atoms with Crippen molar-refractivity contribution in [3.8, 4) is 17.2 Å². The van der Waals surface area contributed by atoms with Gasteiger partial charge in [0.25, 0.3) is 0 Å². The van der Waals surface area contributed by atoms with Gasteiger partial charge in [-0.1, -0.05) is 23.7 Å². The van der Waals surface area contributed by atoms with Crippen molar-refractivity contribution < 1.29 is 18.7 Å². The van der Waals surface area contributed by atoms with E-state index in [4.69, 9.17) is 25.5 Å². The van der Waals surface area contributed by atoms with Gasteiger partial charge < -0.3 is 13.9 Å². The number of esters is 1. The summed E-state index contributed by atoms with van der Waals surface area (Å²) in [6, 6.07) is 16.7. The maximum absolute atomic E-state index is 12.8. The van der Waals surface area contributed by atoms with Gasteiger partial charge in [-0.2, -0.15) is 0 Å². The molecule has 0 aliphatic rings. The highest BCUT2D eigenvalue weighted by atomic mass is 35.5. The third-order valence-corrected chi connectivity index (χ3v) is 4.82. The van der Waals surface area contributed by atoms with E-state index in [1.165, 1.54) is 18.4 Å². The lowest BCUT2D eigenvalue weighted by Crippen LogP contribution is -2.09. The maximum atomic E-state index is 12.8. The molecule has 6 heteroatoms. The molecule has 4 rings (SSSR count). The highest BCUT2D eigenvalue weighted by Gasteiger charge is 2.13. The molecule has 30 heavy (non-hydrogen) atoms. The zero-order valence-corrected chi connectivity index (χ0v) is 17.0. The van der Waals surface area contributed by atoms with Gasteiger partial charge in [-0.25, -0.2) is 4.79 Å². The molecule has 0 radical (unpaired) electrons. The number of aryl methyl sites for hydroxylation is 2. The third-order valence-electron chi connectivity index (χ3n) is 4.57. The van der Waals surface area contributed by atoms with Crippen LogP contribution in [0.25, 0.3) is 11.0 Å². The quantitative estimate of drug-likeness (QED) is 0.296. The zero-order valence-electron chi connectivity index (χ0n) is 16.3. The van der Waals surface area contributed by atoms with Gasteiger partial charge in [-0.05, 0) is 67.4 Å². The first-order valence-corrected chi connectivity index (χ1v) is 9.57. The number of carbonyl (C=O) groups excluding carboxylic acids is 1. The topological polar surface area (TPSA) is 65.7 Å². The molecule has 4 aromatic rings. The van der Waals surface area contributed by atoms with Crippen LogP contribution in [0.15, 0.2) is 76.1 Å². The molecule has 0 N–H and O–H groups in total. The minimum Gasteiger partial charge on any atom is -0.460 e. The minimum absolute atomic E-state index is 0.0853. The van der Waals surface area contributed by atoms with E-state index < -0.39 is 5.97 Å². The number of fused-ring (bicyclic) bond motifs is 1. The van der Waals surface area contributed by atoms with E-state index in [1.54, 1.807) is 30.3 Å². The predicted octanol–water partition coefficient (Wildman–Crippen LogP) is 6.07. The Morgan fingerprint density at radius 2 is 1.70 bits per heavy atom. The summed E-state index contributed by atoms with van der Waals surface area (Å²) in [4.78, 5) is 25.1. The summed E-state index contributed by atoms with van der Waals surface area (Å²) >= 11 is 5.83. The summed E-state index contributed by atoms with van der Waals surface area (Å²) in [5.41, 5.74) is 2.26. The van der Waals surface area contributed by atoms with Gasteiger partial charge >= 0.3 is 5.97 Å². The van der Waals surface area contributed by atoms with Crippen molar-refractivity contribution in [3.05, 3.63) is 98.9 Å². The summed E-state index contributed by atoms with van der Waals surface area (Å²) in [5, 5.41) is 0.849. The summed E-state index contributed by atoms with van der Waals surface area (Å²) in [7, 11) is 0. The van der Waals surface area contributed by atoms with E-state index in [1.807, 2.05) is 32.0 Å². The summed E-state index contributed by atoms with van der Waals surface area (Å²) in [5.74, 6) is 0.398. The SMILES string of the molecule is Cc1ccc(C)c(Oc2coc3cc(OC(=O)c4ccc(Cl)cc4)ccc3c2=O)c1. The van der Waals surface area contributed by atoms with Gasteiger partial charge in [0.15, 0.2) is 0 Å². The Morgan fingerprint density at radius 1 is 0.933 bits per heavy atom. The van der Waals surface area contributed by atoms with Gasteiger partial charge in [0.2, 0.25) is 11.2 Å². The average molecular weight is 421 g/mol. The molecule has 0 saturated carbocycles. The minimum atomic E-state index is -0.539. The van der Waals surface area contributed by atoms with Crippen molar-refractivity contribution in [2.75, 3.05) is 0 Å². The number of rotatable bonds is 4. The highest BCUT2D eigenvalue weighted by molar-refractivity contribution is 6.30. The van der Waals surface area contributed by atoms with Crippen LogP contribution in [0.3, 0.4) is 0 Å². The molecule has 0 aliphatic heterocycles. The molecule has 5 nitrogen and oxygen atoms in total. The van der Waals surface area contributed by atoms with Gasteiger partial charge in [-0.15, -0.1) is 0 Å². The molecule has 150 valence electrons. The lowest BCUT2D eigenvalue weighted by molar-refractivity contribution is 0.0735. The smallest absolute Gasteiger partial charge is 0.343 e. The van der Waals surface area contributed by atoms with Crippen LogP contribution in [0.5, 0.6) is 17.2 Å². The lowest BCUT2D eigenvalue weighted by atomic mass is 10.1. The number of ether oxygens (including phenoxy) is 2. The fraction of sp³-hybridized carbons (Fsp3) is 0.0833. The van der Waals surface area contributed by atoms with Gasteiger partial charge in [-0.3, -0.25) is 4.79 Å². The van der Waals surface area contributed by atoms with Crippen LogP contribution in [0.4, 0.5) is 0 Å². The standard InChI is InChI=1S/C24H17ClO5/c1-14-3-4-15(2)20(11-14)30-22-13-28-21-12-18(9-10-19(21)23(22)26)29-24(27)16-5-7-17(25)8-6-16/h3-13H,1-2H3. The Morgan fingerprint density at radius 3 is 2.47 bits per heavy atom. The van der Waals surface area contributed by atoms with Crippen LogP contribution >= 0.6 is 11.6 Å². The molecule has 1 aromatic heterocycles. The van der Waals surface area contributed by atoms with Gasteiger partial charge in [0.05, 0.1) is 10.9 Å². The van der Waals surface area contributed by atoms with Crippen molar-refractivity contribution >= 4 is 28.5 Å². The fourth-order valence-electron chi connectivity index (χ4n) is 2.91. The normalized spacial score (nSPS) is 10.8. The van der Waals surface area contributed by atoms with Gasteiger partial charge in [0.1, 0.15) is 23.3 Å². The van der Waals surface area contributed by atoms with E-state index in [-0.39, 0.29) is 22.5 Å². The van der Waals surface area contributed by atoms with Crippen LogP contribution in [-0.4, -0.2) is 5.97 Å². The Kier molecular flexibility index (Phi) is 5.29. The summed E-state index contributed by atoms with van der Waals surface area (Å²) < 4.78 is 16.7. The van der Waals surface area contributed by atoms with E-state index in [0.29, 0.717) is 21.7 Å². The first kappa shape index (κ1) is 19.7. The van der Waals surface area contributed by atoms with Crippen LogP contribution in [0, 0.1) is 13.8 Å². The molecule has 0 saturated heterocycles. The van der Waals surface area contributed by atoms with E-state index >= 15 is 0 Å². The third kappa shape index (κ3) is 4.07. The van der Waals surface area contributed by atoms with Crippen LogP contribution in [0.1, 0.15) is 21.5 Å². The van der Waals surface area contributed by atoms with Crippen molar-refractivity contribution in [3.63, 3.8) is 0 Å². The molecular weight excluding hydrogens is 404 g/mol. The predicted molar refractivity (Wildman–Crippen MR) is 115 cm³/mol. The highest BCUT2D eigenvalue weighted by Crippen LogP contribution is 2.27. The molecule has 0 unspecified atom stereocenters. The van der Waals surface area contributed by atoms with Crippen LogP contribution in [-0.2, 0) is 0 Å². The molecule has 0 bridgehead atoms. The van der Waals surface area contributed by atoms with E-state index in [0.717, 1.165) is 11.1 Å². The van der Waals surface area contributed by atoms with Gasteiger partial charge in [0, 0.05) is 11.1 Å². The van der Waals surface area contributed by atoms with Crippen LogP contribution < -0.4 is 14.9 Å². The van der Waals surface area contributed by atoms with E-state index in [9.17, 15) is 9.59 Å². The Bertz CT molecular complexity index is 1310. The average Bonchev–Trinajstić information content (AvgIpc) is 2.73. The fourth-order valence-corrected chi connectivity index (χ4v) is 3.04. The van der Waals surface area contributed by atoms with Crippen molar-refractivity contribution in [2.45, 2.75) is 13.8 Å². The monoisotopic (exact) mass is 420 g/mol. The van der Waals surface area contributed by atoms with E-state index in [2.05, 4.69) is 0 Å². The van der Waals surface area contributed by atoms with Crippen molar-refractivity contribution in [1.29, 1.82) is 0 Å². The second kappa shape index (κ2) is 8.05. The number of benzene rings is 3. The van der Waals surface area contributed by atoms with Crippen LogP contribution in [0.2, 0.25) is 5.02 Å². The molecular formula is C24H17ClO5. The lowest BCUT2D eigenvalue weighted by Gasteiger charge is -2.10. The largest absolute Gasteiger partial charge is 0.460 e. The first-order valence-electron chi connectivity index (χ1n) is 9.19. The number of halogens is 1. The molecule has 3 aromatic carbocycles. The zero-order chi connectivity index (χ0) is 21.3. The Balaban J connectivity index is 1.61. The number of hydrogen-bond acceptors (Lipinski definition) is 5. The second-order valence-corrected chi connectivity index (χ2v) is 7.29. The molecule has 1 heterocycles. The number of carbonyl (C=O) groups is 1. The molecule has 0 amide bonds. The molecule has 0 aliphatic carbocycles. The molecule has 0 fully saturated rings. The summed E-state index contributed by atoms with van der Waals surface area (Å²) in [6.07, 6.45) is 1.26. The van der Waals surface area contributed by atoms with Crippen molar-refractivity contribution in [1.82, 2.24) is 0 Å².